The summed E-state index contributed by atoms with van der Waals surface area (Å²) in [6.45, 7) is 5.35. The fraction of sp³-hybridized carbons (Fsp3) is 0.643. The Morgan fingerprint density at radius 3 is 2.72 bits per heavy atom. The summed E-state index contributed by atoms with van der Waals surface area (Å²) in [7, 11) is 0. The van der Waals surface area contributed by atoms with Gasteiger partial charge in [0.05, 0.1) is 0 Å². The largest absolute Gasteiger partial charge is 0.381 e. The van der Waals surface area contributed by atoms with Gasteiger partial charge in [0, 0.05) is 31.0 Å². The maximum atomic E-state index is 13.6. The molecule has 0 bridgehead atoms. The highest BCUT2D eigenvalue weighted by molar-refractivity contribution is 5.13. The monoisotopic (exact) mass is 253 g/mol. The zero-order chi connectivity index (χ0) is 13.1. The van der Waals surface area contributed by atoms with Gasteiger partial charge in [-0.15, -0.1) is 0 Å². The van der Waals surface area contributed by atoms with Crippen molar-refractivity contribution in [3.8, 4) is 0 Å². The Kier molecular flexibility index (Phi) is 4.17. The van der Waals surface area contributed by atoms with E-state index in [0.717, 1.165) is 12.8 Å². The van der Waals surface area contributed by atoms with Gasteiger partial charge >= 0.3 is 0 Å². The summed E-state index contributed by atoms with van der Waals surface area (Å²) in [6, 6.07) is 1.45. The van der Waals surface area contributed by atoms with Crippen LogP contribution < -0.4 is 5.56 Å². The number of halogens is 1. The van der Waals surface area contributed by atoms with Gasteiger partial charge in [0.15, 0.2) is 0 Å². The maximum absolute atomic E-state index is 13.6. The smallest absolute Gasteiger partial charge is 0.254 e. The first-order valence-electron chi connectivity index (χ1n) is 6.56. The molecule has 1 aliphatic heterocycles. The van der Waals surface area contributed by atoms with Crippen molar-refractivity contribution in [3.05, 3.63) is 34.0 Å². The van der Waals surface area contributed by atoms with E-state index in [0.29, 0.717) is 31.1 Å². The molecule has 1 aliphatic rings. The lowest BCUT2D eigenvalue weighted by atomic mass is 10.0. The summed E-state index contributed by atoms with van der Waals surface area (Å²) in [4.78, 5) is 12.3. The fourth-order valence-corrected chi connectivity index (χ4v) is 2.44. The molecular formula is C14H20FNO2. The molecule has 2 rings (SSSR count). The lowest BCUT2D eigenvalue weighted by Gasteiger charge is -2.24. The number of rotatable bonds is 3. The molecule has 0 radical (unpaired) electrons. The molecule has 0 aromatic carbocycles. The van der Waals surface area contributed by atoms with Crippen LogP contribution in [0.2, 0.25) is 0 Å². The summed E-state index contributed by atoms with van der Waals surface area (Å²) in [6.07, 6.45) is 3.52. The van der Waals surface area contributed by atoms with Crippen LogP contribution in [0.4, 0.5) is 4.39 Å². The van der Waals surface area contributed by atoms with Gasteiger partial charge in [-0.3, -0.25) is 4.79 Å². The van der Waals surface area contributed by atoms with Crippen molar-refractivity contribution < 1.29 is 9.13 Å². The van der Waals surface area contributed by atoms with Crippen LogP contribution in [0.15, 0.2) is 17.1 Å². The van der Waals surface area contributed by atoms with Crippen molar-refractivity contribution in [2.24, 2.45) is 5.92 Å². The zero-order valence-electron chi connectivity index (χ0n) is 11.0. The second-order valence-electron chi connectivity index (χ2n) is 5.34. The summed E-state index contributed by atoms with van der Waals surface area (Å²) in [5.74, 6) is 0.0272. The van der Waals surface area contributed by atoms with Gasteiger partial charge in [0.25, 0.3) is 5.56 Å². The lowest BCUT2D eigenvalue weighted by Crippen LogP contribution is -2.31. The second-order valence-corrected chi connectivity index (χ2v) is 5.34. The molecule has 18 heavy (non-hydrogen) atoms. The maximum Gasteiger partial charge on any atom is 0.254 e. The minimum absolute atomic E-state index is 0.0444. The molecular weight excluding hydrogens is 233 g/mol. The molecule has 1 aromatic rings. The molecule has 1 fully saturated rings. The van der Waals surface area contributed by atoms with Crippen LogP contribution in [0.25, 0.3) is 0 Å². The van der Waals surface area contributed by atoms with Crippen molar-refractivity contribution in [1.29, 1.82) is 0 Å². The predicted octanol–water partition coefficient (Wildman–Crippen LogP) is 2.54. The number of hydrogen-bond acceptors (Lipinski definition) is 2. The molecule has 0 N–H and O–H groups in total. The van der Waals surface area contributed by atoms with Gasteiger partial charge in [0.1, 0.15) is 5.82 Å². The molecule has 0 spiro atoms. The van der Waals surface area contributed by atoms with Crippen molar-refractivity contribution in [3.63, 3.8) is 0 Å². The molecule has 3 nitrogen and oxygen atoms in total. The van der Waals surface area contributed by atoms with Crippen LogP contribution in [0, 0.1) is 11.7 Å². The fourth-order valence-electron chi connectivity index (χ4n) is 2.44. The average molecular weight is 253 g/mol. The Morgan fingerprint density at radius 1 is 1.44 bits per heavy atom. The Balaban J connectivity index is 2.34. The van der Waals surface area contributed by atoms with E-state index in [-0.39, 0.29) is 17.4 Å². The van der Waals surface area contributed by atoms with Crippen LogP contribution in [0.3, 0.4) is 0 Å². The number of aromatic nitrogens is 1. The molecule has 1 saturated heterocycles. The molecule has 2 heterocycles. The molecule has 100 valence electrons. The predicted molar refractivity (Wildman–Crippen MR) is 68.3 cm³/mol. The van der Waals surface area contributed by atoms with E-state index in [2.05, 4.69) is 0 Å². The molecule has 0 atom stereocenters. The molecule has 0 aliphatic carbocycles. The van der Waals surface area contributed by atoms with Gasteiger partial charge < -0.3 is 9.30 Å². The van der Waals surface area contributed by atoms with E-state index in [1.807, 2.05) is 13.8 Å². The highest BCUT2D eigenvalue weighted by Gasteiger charge is 2.19. The molecule has 0 saturated carbocycles. The summed E-state index contributed by atoms with van der Waals surface area (Å²) >= 11 is 0. The Morgan fingerprint density at radius 2 is 2.11 bits per heavy atom. The van der Waals surface area contributed by atoms with Crippen LogP contribution in [0.1, 0.15) is 38.3 Å². The molecule has 0 unspecified atom stereocenters. The third-order valence-electron chi connectivity index (χ3n) is 3.30. The van der Waals surface area contributed by atoms with E-state index in [4.69, 9.17) is 4.74 Å². The van der Waals surface area contributed by atoms with Gasteiger partial charge in [-0.05, 0) is 31.2 Å². The highest BCUT2D eigenvalue weighted by Crippen LogP contribution is 2.20. The normalized spacial score (nSPS) is 17.3. The molecule has 0 amide bonds. The minimum Gasteiger partial charge on any atom is -0.381 e. The minimum atomic E-state index is -0.322. The first-order chi connectivity index (χ1) is 8.58. The number of hydrogen-bond donors (Lipinski definition) is 0. The van der Waals surface area contributed by atoms with Crippen LogP contribution in [-0.2, 0) is 11.2 Å². The van der Waals surface area contributed by atoms with Gasteiger partial charge in [-0.25, -0.2) is 4.39 Å². The Hall–Kier alpha value is -1.16. The van der Waals surface area contributed by atoms with Crippen molar-refractivity contribution >= 4 is 0 Å². The van der Waals surface area contributed by atoms with E-state index in [1.54, 1.807) is 4.57 Å². The van der Waals surface area contributed by atoms with E-state index in [1.165, 1.54) is 12.3 Å². The summed E-state index contributed by atoms with van der Waals surface area (Å²) in [5.41, 5.74) is 0.536. The van der Waals surface area contributed by atoms with Crippen molar-refractivity contribution in [2.75, 3.05) is 13.2 Å². The zero-order valence-corrected chi connectivity index (χ0v) is 11.0. The van der Waals surface area contributed by atoms with Gasteiger partial charge in [-0.1, -0.05) is 13.8 Å². The standard InChI is InChI=1S/C14H20FNO2/c1-10(2)7-11-8-12(15)9-16(14(11)17)13-3-5-18-6-4-13/h8-10,13H,3-7H2,1-2H3. The van der Waals surface area contributed by atoms with E-state index >= 15 is 0 Å². The van der Waals surface area contributed by atoms with E-state index in [9.17, 15) is 9.18 Å². The van der Waals surface area contributed by atoms with Crippen LogP contribution in [0.5, 0.6) is 0 Å². The Labute approximate surface area is 107 Å². The van der Waals surface area contributed by atoms with Crippen LogP contribution >= 0.6 is 0 Å². The van der Waals surface area contributed by atoms with Crippen molar-refractivity contribution in [1.82, 2.24) is 4.57 Å². The third kappa shape index (κ3) is 2.99. The molecule has 1 aromatic heterocycles. The quantitative estimate of drug-likeness (QED) is 0.829. The first kappa shape index (κ1) is 13.3. The second kappa shape index (κ2) is 5.65. The summed E-state index contributed by atoms with van der Waals surface area (Å²) in [5, 5.41) is 0. The SMILES string of the molecule is CC(C)Cc1cc(F)cn(C2CCOCC2)c1=O. The van der Waals surface area contributed by atoms with Crippen molar-refractivity contribution in [2.45, 2.75) is 39.2 Å². The molecule has 4 heteroatoms. The first-order valence-corrected chi connectivity index (χ1v) is 6.56. The lowest BCUT2D eigenvalue weighted by molar-refractivity contribution is 0.0683. The Bertz CT molecular complexity index is 461. The average Bonchev–Trinajstić information content (AvgIpc) is 2.34. The number of nitrogens with zero attached hydrogens (tertiary/aromatic N) is 1. The number of ether oxygens (including phenoxy) is 1. The van der Waals surface area contributed by atoms with Gasteiger partial charge in [-0.2, -0.15) is 0 Å². The highest BCUT2D eigenvalue weighted by atomic mass is 19.1. The topological polar surface area (TPSA) is 31.2 Å². The van der Waals surface area contributed by atoms with Gasteiger partial charge in [0.2, 0.25) is 0 Å². The van der Waals surface area contributed by atoms with Crippen LogP contribution in [-0.4, -0.2) is 17.8 Å². The van der Waals surface area contributed by atoms with E-state index < -0.39 is 0 Å². The third-order valence-corrected chi connectivity index (χ3v) is 3.30. The summed E-state index contributed by atoms with van der Waals surface area (Å²) < 4.78 is 20.5. The number of pyridine rings is 1.